The number of nitrogens with zero attached hydrogens (tertiary/aromatic N) is 4. The quantitative estimate of drug-likeness (QED) is 0.758. The molecule has 0 radical (unpaired) electrons. The van der Waals surface area contributed by atoms with Gasteiger partial charge in [-0.25, -0.2) is 0 Å². The summed E-state index contributed by atoms with van der Waals surface area (Å²) in [5.41, 5.74) is 8.58. The summed E-state index contributed by atoms with van der Waals surface area (Å²) in [4.78, 5) is 8.59. The van der Waals surface area contributed by atoms with E-state index in [4.69, 9.17) is 5.73 Å². The van der Waals surface area contributed by atoms with Crippen molar-refractivity contribution in [3.8, 4) is 17.2 Å². The minimum absolute atomic E-state index is 0.353. The highest BCUT2D eigenvalue weighted by atomic mass is 15.4. The molecule has 94 valence electrons. The van der Waals surface area contributed by atoms with Crippen molar-refractivity contribution in [3.63, 3.8) is 0 Å². The second kappa shape index (κ2) is 4.53. The largest absolute Gasteiger partial charge is 0.368 e. The average Bonchev–Trinajstić information content (AvgIpc) is 2.82. The normalized spacial score (nSPS) is 10.6. The van der Waals surface area contributed by atoms with Crippen molar-refractivity contribution in [2.45, 2.75) is 6.92 Å². The van der Waals surface area contributed by atoms with E-state index in [1.54, 1.807) is 10.9 Å². The molecule has 2 aromatic heterocycles. The summed E-state index contributed by atoms with van der Waals surface area (Å²) in [6.07, 6.45) is 1.72. The third-order valence-corrected chi connectivity index (χ3v) is 2.85. The van der Waals surface area contributed by atoms with E-state index in [0.29, 0.717) is 11.8 Å². The highest BCUT2D eigenvalue weighted by molar-refractivity contribution is 5.56. The van der Waals surface area contributed by atoms with Crippen LogP contribution in [0, 0.1) is 6.92 Å². The van der Waals surface area contributed by atoms with Crippen LogP contribution < -0.4 is 5.73 Å². The molecule has 0 atom stereocenters. The first-order chi connectivity index (χ1) is 9.25. The van der Waals surface area contributed by atoms with E-state index < -0.39 is 0 Å². The molecule has 0 spiro atoms. The summed E-state index contributed by atoms with van der Waals surface area (Å²) in [6, 6.07) is 13.5. The molecule has 2 heterocycles. The SMILES string of the molecule is Cc1cccnc1-c1nc(N)n(-c2ccccc2)n1. The van der Waals surface area contributed by atoms with Gasteiger partial charge in [0.2, 0.25) is 11.8 Å². The Kier molecular flexibility index (Phi) is 2.72. The third kappa shape index (κ3) is 2.06. The Hall–Kier alpha value is -2.69. The van der Waals surface area contributed by atoms with Crippen molar-refractivity contribution >= 4 is 5.95 Å². The predicted octanol–water partition coefficient (Wildman–Crippen LogP) is 2.22. The first-order valence-electron chi connectivity index (χ1n) is 5.95. The second-order valence-corrected chi connectivity index (χ2v) is 4.21. The summed E-state index contributed by atoms with van der Waals surface area (Å²) in [5, 5.41) is 4.43. The topological polar surface area (TPSA) is 69.6 Å². The van der Waals surface area contributed by atoms with Crippen molar-refractivity contribution in [2.75, 3.05) is 5.73 Å². The monoisotopic (exact) mass is 251 g/mol. The Bertz CT molecular complexity index is 703. The van der Waals surface area contributed by atoms with E-state index in [2.05, 4.69) is 15.1 Å². The van der Waals surface area contributed by atoms with Crippen LogP contribution in [-0.4, -0.2) is 19.7 Å². The van der Waals surface area contributed by atoms with Gasteiger partial charge in [-0.05, 0) is 30.7 Å². The third-order valence-electron chi connectivity index (χ3n) is 2.85. The van der Waals surface area contributed by atoms with Crippen LogP contribution in [0.1, 0.15) is 5.56 Å². The molecule has 2 N–H and O–H groups in total. The Morgan fingerprint density at radius 1 is 1.05 bits per heavy atom. The fraction of sp³-hybridized carbons (Fsp3) is 0.0714. The van der Waals surface area contributed by atoms with Gasteiger partial charge in [0.1, 0.15) is 5.69 Å². The molecule has 0 aliphatic rings. The molecule has 5 heteroatoms. The van der Waals surface area contributed by atoms with Crippen molar-refractivity contribution < 1.29 is 0 Å². The molecule has 0 fully saturated rings. The van der Waals surface area contributed by atoms with Crippen LogP contribution in [0.4, 0.5) is 5.95 Å². The van der Waals surface area contributed by atoms with Gasteiger partial charge in [-0.1, -0.05) is 24.3 Å². The zero-order chi connectivity index (χ0) is 13.2. The Morgan fingerprint density at radius 2 is 1.84 bits per heavy atom. The van der Waals surface area contributed by atoms with Crippen molar-refractivity contribution in [1.82, 2.24) is 19.7 Å². The molecule has 3 aromatic rings. The lowest BCUT2D eigenvalue weighted by Gasteiger charge is -2.01. The van der Waals surface area contributed by atoms with E-state index in [1.165, 1.54) is 0 Å². The van der Waals surface area contributed by atoms with Crippen LogP contribution in [0.5, 0.6) is 0 Å². The van der Waals surface area contributed by atoms with Gasteiger partial charge in [-0.2, -0.15) is 9.67 Å². The fourth-order valence-electron chi connectivity index (χ4n) is 1.90. The lowest BCUT2D eigenvalue weighted by Crippen LogP contribution is -2.01. The molecular weight excluding hydrogens is 238 g/mol. The Balaban J connectivity index is 2.10. The Morgan fingerprint density at radius 3 is 2.58 bits per heavy atom. The van der Waals surface area contributed by atoms with Crippen LogP contribution in [-0.2, 0) is 0 Å². The Labute approximate surface area is 110 Å². The molecule has 1 aromatic carbocycles. The standard InChI is InChI=1S/C14H13N5/c1-10-6-5-9-16-12(10)13-17-14(15)19(18-13)11-7-3-2-4-8-11/h2-9H,1H3,(H2,15,17,18). The maximum atomic E-state index is 5.92. The minimum atomic E-state index is 0.353. The van der Waals surface area contributed by atoms with Crippen LogP contribution >= 0.6 is 0 Å². The average molecular weight is 251 g/mol. The molecular formula is C14H13N5. The molecule has 0 aliphatic carbocycles. The summed E-state index contributed by atoms with van der Waals surface area (Å²) in [5.74, 6) is 0.894. The number of aromatic nitrogens is 4. The van der Waals surface area contributed by atoms with Crippen molar-refractivity contribution in [1.29, 1.82) is 0 Å². The van der Waals surface area contributed by atoms with Crippen LogP contribution in [0.15, 0.2) is 48.7 Å². The van der Waals surface area contributed by atoms with Crippen LogP contribution in [0.25, 0.3) is 17.2 Å². The highest BCUT2D eigenvalue weighted by Crippen LogP contribution is 2.20. The molecule has 0 bridgehead atoms. The van der Waals surface area contributed by atoms with Gasteiger partial charge >= 0.3 is 0 Å². The van der Waals surface area contributed by atoms with Crippen molar-refractivity contribution in [2.24, 2.45) is 0 Å². The number of nitrogen functional groups attached to an aromatic ring is 1. The van der Waals surface area contributed by atoms with Crippen LogP contribution in [0.2, 0.25) is 0 Å². The van der Waals surface area contributed by atoms with Gasteiger partial charge in [0.15, 0.2) is 0 Å². The van der Waals surface area contributed by atoms with Crippen molar-refractivity contribution in [3.05, 3.63) is 54.2 Å². The number of pyridine rings is 1. The molecule has 0 amide bonds. The smallest absolute Gasteiger partial charge is 0.223 e. The molecule has 5 nitrogen and oxygen atoms in total. The zero-order valence-electron chi connectivity index (χ0n) is 10.5. The highest BCUT2D eigenvalue weighted by Gasteiger charge is 2.12. The number of aryl methyl sites for hydroxylation is 1. The van der Waals surface area contributed by atoms with Gasteiger partial charge < -0.3 is 5.73 Å². The maximum Gasteiger partial charge on any atom is 0.223 e. The molecule has 3 rings (SSSR count). The van der Waals surface area contributed by atoms with Crippen LogP contribution in [0.3, 0.4) is 0 Å². The fourth-order valence-corrected chi connectivity index (χ4v) is 1.90. The van der Waals surface area contributed by atoms with Gasteiger partial charge in [-0.15, -0.1) is 5.10 Å². The summed E-state index contributed by atoms with van der Waals surface area (Å²) in [6.45, 7) is 1.97. The molecule has 19 heavy (non-hydrogen) atoms. The van der Waals surface area contributed by atoms with Gasteiger partial charge in [-0.3, -0.25) is 4.98 Å². The molecule has 0 saturated heterocycles. The summed E-state index contributed by atoms with van der Waals surface area (Å²) in [7, 11) is 0. The van der Waals surface area contributed by atoms with E-state index >= 15 is 0 Å². The molecule has 0 aliphatic heterocycles. The number of hydrogen-bond acceptors (Lipinski definition) is 4. The minimum Gasteiger partial charge on any atom is -0.368 e. The second-order valence-electron chi connectivity index (χ2n) is 4.21. The maximum absolute atomic E-state index is 5.92. The van der Waals surface area contributed by atoms with E-state index in [1.807, 2.05) is 49.4 Å². The van der Waals surface area contributed by atoms with Gasteiger partial charge in [0, 0.05) is 6.20 Å². The first-order valence-corrected chi connectivity index (χ1v) is 5.95. The first kappa shape index (κ1) is 11.4. The number of para-hydroxylation sites is 1. The molecule has 0 saturated carbocycles. The van der Waals surface area contributed by atoms with E-state index in [0.717, 1.165) is 16.9 Å². The zero-order valence-corrected chi connectivity index (χ0v) is 10.5. The van der Waals surface area contributed by atoms with Gasteiger partial charge in [0.05, 0.1) is 5.69 Å². The number of hydrogen-bond donors (Lipinski definition) is 1. The number of anilines is 1. The predicted molar refractivity (Wildman–Crippen MR) is 73.7 cm³/mol. The number of nitrogens with two attached hydrogens (primary N) is 1. The lowest BCUT2D eigenvalue weighted by molar-refractivity contribution is 0.892. The van der Waals surface area contributed by atoms with Gasteiger partial charge in [0.25, 0.3) is 0 Å². The van der Waals surface area contributed by atoms with E-state index in [9.17, 15) is 0 Å². The van der Waals surface area contributed by atoms with E-state index in [-0.39, 0.29) is 0 Å². The number of benzene rings is 1. The molecule has 0 unspecified atom stereocenters. The lowest BCUT2D eigenvalue weighted by atomic mass is 10.2. The number of rotatable bonds is 2. The summed E-state index contributed by atoms with van der Waals surface area (Å²) < 4.78 is 1.61. The summed E-state index contributed by atoms with van der Waals surface area (Å²) >= 11 is 0.